The van der Waals surface area contributed by atoms with Crippen molar-refractivity contribution in [1.29, 1.82) is 0 Å². The van der Waals surface area contributed by atoms with Gasteiger partial charge in [0.2, 0.25) is 6.79 Å². The van der Waals surface area contributed by atoms with E-state index in [0.29, 0.717) is 6.54 Å². The average molecular weight is 251 g/mol. The lowest BCUT2D eigenvalue weighted by Gasteiger charge is -2.11. The van der Waals surface area contributed by atoms with E-state index in [0.717, 1.165) is 35.8 Å². The maximum atomic E-state index is 5.78. The minimum Gasteiger partial charge on any atom is -0.493 e. The third-order valence-corrected chi connectivity index (χ3v) is 3.03. The Hall–Kier alpha value is -1.42. The van der Waals surface area contributed by atoms with Gasteiger partial charge in [0.1, 0.15) is 5.75 Å². The predicted molar refractivity (Wildman–Crippen MR) is 70.1 cm³/mol. The Bertz CT molecular complexity index is 393. The Morgan fingerprint density at radius 3 is 2.67 bits per heavy atom. The largest absolute Gasteiger partial charge is 0.493 e. The lowest BCUT2D eigenvalue weighted by molar-refractivity contribution is 0.173. The molecule has 1 aliphatic rings. The predicted octanol–water partition coefficient (Wildman–Crippen LogP) is 2.83. The molecule has 0 saturated carbocycles. The molecule has 0 radical (unpaired) electrons. The number of benzene rings is 1. The van der Waals surface area contributed by atoms with Gasteiger partial charge in [-0.3, -0.25) is 0 Å². The number of fused-ring (bicyclic) bond motifs is 1. The van der Waals surface area contributed by atoms with Crippen molar-refractivity contribution in [2.45, 2.75) is 39.2 Å². The molecule has 18 heavy (non-hydrogen) atoms. The highest BCUT2D eigenvalue weighted by Gasteiger charge is 2.17. The van der Waals surface area contributed by atoms with Gasteiger partial charge in [0.25, 0.3) is 0 Å². The number of hydrogen-bond donors (Lipinski definition) is 1. The summed E-state index contributed by atoms with van der Waals surface area (Å²) in [6.07, 6.45) is 4.78. The number of ether oxygens (including phenoxy) is 3. The van der Waals surface area contributed by atoms with E-state index < -0.39 is 0 Å². The lowest BCUT2D eigenvalue weighted by Crippen LogP contribution is -2.04. The average Bonchev–Trinajstić information content (AvgIpc) is 2.84. The van der Waals surface area contributed by atoms with Gasteiger partial charge in [-0.15, -0.1) is 0 Å². The third-order valence-electron chi connectivity index (χ3n) is 3.03. The van der Waals surface area contributed by atoms with Crippen molar-refractivity contribution in [2.24, 2.45) is 5.73 Å². The van der Waals surface area contributed by atoms with Crippen LogP contribution < -0.4 is 19.9 Å². The van der Waals surface area contributed by atoms with Gasteiger partial charge in [-0.25, -0.2) is 0 Å². The van der Waals surface area contributed by atoms with Crippen molar-refractivity contribution in [3.63, 3.8) is 0 Å². The summed E-state index contributed by atoms with van der Waals surface area (Å²) in [5.41, 5.74) is 6.69. The third kappa shape index (κ3) is 3.07. The van der Waals surface area contributed by atoms with Crippen molar-refractivity contribution in [3.05, 3.63) is 17.7 Å². The molecule has 0 aromatic heterocycles. The van der Waals surface area contributed by atoms with Crippen LogP contribution in [0.4, 0.5) is 0 Å². The molecule has 0 unspecified atom stereocenters. The van der Waals surface area contributed by atoms with E-state index in [1.165, 1.54) is 19.3 Å². The summed E-state index contributed by atoms with van der Waals surface area (Å²) in [6, 6.07) is 3.79. The molecule has 0 atom stereocenters. The zero-order valence-electron chi connectivity index (χ0n) is 10.9. The van der Waals surface area contributed by atoms with E-state index in [2.05, 4.69) is 6.92 Å². The van der Waals surface area contributed by atoms with E-state index in [9.17, 15) is 0 Å². The molecule has 0 aliphatic carbocycles. The number of unbranched alkanes of at least 4 members (excludes halogenated alkanes) is 3. The van der Waals surface area contributed by atoms with Crippen molar-refractivity contribution in [2.75, 3.05) is 13.4 Å². The molecule has 4 nitrogen and oxygen atoms in total. The van der Waals surface area contributed by atoms with Crippen LogP contribution in [-0.4, -0.2) is 13.4 Å². The fourth-order valence-corrected chi connectivity index (χ4v) is 1.97. The smallest absolute Gasteiger partial charge is 0.231 e. The van der Waals surface area contributed by atoms with Crippen molar-refractivity contribution in [1.82, 2.24) is 0 Å². The number of nitrogens with two attached hydrogens (primary N) is 1. The van der Waals surface area contributed by atoms with Crippen LogP contribution in [0.2, 0.25) is 0 Å². The van der Waals surface area contributed by atoms with Gasteiger partial charge in [-0.1, -0.05) is 26.2 Å². The number of rotatable bonds is 7. The van der Waals surface area contributed by atoms with Crippen LogP contribution in [0.25, 0.3) is 0 Å². The normalized spacial score (nSPS) is 12.8. The van der Waals surface area contributed by atoms with Crippen LogP contribution in [0.1, 0.15) is 38.2 Å². The van der Waals surface area contributed by atoms with Gasteiger partial charge >= 0.3 is 0 Å². The minimum absolute atomic E-state index is 0.277. The van der Waals surface area contributed by atoms with Crippen LogP contribution in [-0.2, 0) is 6.54 Å². The standard InChI is InChI=1S/C14H21NO3/c1-2-3-4-5-6-16-12-8-14-13(17-10-18-14)7-11(12)9-15/h7-8H,2-6,9-10,15H2,1H3. The summed E-state index contributed by atoms with van der Waals surface area (Å²) in [4.78, 5) is 0. The zero-order chi connectivity index (χ0) is 12.8. The summed E-state index contributed by atoms with van der Waals surface area (Å²) in [5.74, 6) is 2.32. The second-order valence-electron chi connectivity index (χ2n) is 4.43. The molecule has 0 spiro atoms. The molecule has 1 aromatic carbocycles. The van der Waals surface area contributed by atoms with Gasteiger partial charge < -0.3 is 19.9 Å². The highest BCUT2D eigenvalue weighted by atomic mass is 16.7. The monoisotopic (exact) mass is 251 g/mol. The minimum atomic E-state index is 0.277. The van der Waals surface area contributed by atoms with E-state index in [4.69, 9.17) is 19.9 Å². The van der Waals surface area contributed by atoms with Crippen molar-refractivity contribution >= 4 is 0 Å². The molecule has 2 rings (SSSR count). The number of hydrogen-bond acceptors (Lipinski definition) is 4. The molecule has 0 bridgehead atoms. The van der Waals surface area contributed by atoms with Crippen molar-refractivity contribution in [3.8, 4) is 17.2 Å². The second kappa shape index (κ2) is 6.50. The molecule has 1 aliphatic heterocycles. The Labute approximate surface area is 108 Å². The molecule has 0 fully saturated rings. The molecule has 0 amide bonds. The summed E-state index contributed by atoms with van der Waals surface area (Å²) in [7, 11) is 0. The first-order valence-electron chi connectivity index (χ1n) is 6.60. The topological polar surface area (TPSA) is 53.7 Å². The molecule has 100 valence electrons. The summed E-state index contributed by atoms with van der Waals surface area (Å²) in [6.45, 7) is 3.65. The highest BCUT2D eigenvalue weighted by molar-refractivity contribution is 5.51. The fourth-order valence-electron chi connectivity index (χ4n) is 1.97. The van der Waals surface area contributed by atoms with Crippen LogP contribution >= 0.6 is 0 Å². The summed E-state index contributed by atoms with van der Waals surface area (Å²) >= 11 is 0. The highest BCUT2D eigenvalue weighted by Crippen LogP contribution is 2.38. The van der Waals surface area contributed by atoms with Crippen LogP contribution in [0.3, 0.4) is 0 Å². The van der Waals surface area contributed by atoms with E-state index in [-0.39, 0.29) is 6.79 Å². The molecule has 0 saturated heterocycles. The molecular weight excluding hydrogens is 230 g/mol. The Balaban J connectivity index is 1.94. The Morgan fingerprint density at radius 1 is 1.17 bits per heavy atom. The van der Waals surface area contributed by atoms with Gasteiger partial charge in [-0.05, 0) is 12.5 Å². The second-order valence-corrected chi connectivity index (χ2v) is 4.43. The Morgan fingerprint density at radius 2 is 1.94 bits per heavy atom. The molecular formula is C14H21NO3. The molecule has 2 N–H and O–H groups in total. The SMILES string of the molecule is CCCCCCOc1cc2c(cc1CN)OCO2. The van der Waals surface area contributed by atoms with Crippen LogP contribution in [0.5, 0.6) is 17.2 Å². The summed E-state index contributed by atoms with van der Waals surface area (Å²) < 4.78 is 16.4. The van der Waals surface area contributed by atoms with Gasteiger partial charge in [0, 0.05) is 18.2 Å². The first-order valence-corrected chi connectivity index (χ1v) is 6.60. The van der Waals surface area contributed by atoms with Crippen LogP contribution in [0, 0.1) is 0 Å². The zero-order valence-corrected chi connectivity index (χ0v) is 10.9. The van der Waals surface area contributed by atoms with Gasteiger partial charge in [-0.2, -0.15) is 0 Å². The van der Waals surface area contributed by atoms with E-state index >= 15 is 0 Å². The molecule has 4 heteroatoms. The van der Waals surface area contributed by atoms with Crippen LogP contribution in [0.15, 0.2) is 12.1 Å². The maximum Gasteiger partial charge on any atom is 0.231 e. The van der Waals surface area contributed by atoms with Gasteiger partial charge in [0.15, 0.2) is 11.5 Å². The first-order chi connectivity index (χ1) is 8.85. The fraction of sp³-hybridized carbons (Fsp3) is 0.571. The van der Waals surface area contributed by atoms with Crippen molar-refractivity contribution < 1.29 is 14.2 Å². The molecule has 1 heterocycles. The molecule has 1 aromatic rings. The first kappa shape index (κ1) is 13.0. The van der Waals surface area contributed by atoms with E-state index in [1.54, 1.807) is 0 Å². The quantitative estimate of drug-likeness (QED) is 0.757. The Kier molecular flexibility index (Phi) is 4.70. The summed E-state index contributed by atoms with van der Waals surface area (Å²) in [5, 5.41) is 0. The maximum absolute atomic E-state index is 5.78. The lowest BCUT2D eigenvalue weighted by atomic mass is 10.1. The van der Waals surface area contributed by atoms with E-state index in [1.807, 2.05) is 12.1 Å². The van der Waals surface area contributed by atoms with Gasteiger partial charge in [0.05, 0.1) is 6.61 Å².